The third kappa shape index (κ3) is 6.04. The first-order chi connectivity index (χ1) is 13.3. The summed E-state index contributed by atoms with van der Waals surface area (Å²) in [6.45, 7) is 2.81. The van der Waals surface area contributed by atoms with Crippen LogP contribution in [0.4, 0.5) is 30.7 Å². The van der Waals surface area contributed by atoms with E-state index in [2.05, 4.69) is 16.1 Å². The number of hydrogen-bond donors (Lipinski definition) is 2. The molecule has 0 bridgehead atoms. The van der Waals surface area contributed by atoms with Crippen LogP contribution >= 0.6 is 0 Å². The molecule has 0 aromatic carbocycles. The minimum absolute atomic E-state index is 0.539. The molecule has 0 saturated carbocycles. The highest BCUT2D eigenvalue weighted by Crippen LogP contribution is 2.42. The van der Waals surface area contributed by atoms with Gasteiger partial charge in [-0.1, -0.05) is 6.58 Å². The molecule has 2 N–H and O–H groups in total. The minimum atomic E-state index is -6.46. The molecule has 176 valence electrons. The number of hydrogen-bond acceptors (Lipinski definition) is 6. The highest BCUT2D eigenvalue weighted by Gasteiger charge is 2.66. The fraction of sp³-hybridized carbons (Fsp3) is 0.714. The van der Waals surface area contributed by atoms with Crippen LogP contribution in [0.15, 0.2) is 12.2 Å². The number of ether oxygens (including phenoxy) is 2. The molecule has 0 radical (unpaired) electrons. The molecule has 0 aliphatic rings. The molecular formula is C14H18F7NO7S. The summed E-state index contributed by atoms with van der Waals surface area (Å²) in [4.78, 5) is 23.2. The van der Waals surface area contributed by atoms with Gasteiger partial charge in [0.1, 0.15) is 0 Å². The van der Waals surface area contributed by atoms with Crippen molar-refractivity contribution in [3.8, 4) is 0 Å². The largest absolute Gasteiger partial charge is 0.466 e. The Hall–Kier alpha value is -1.94. The molecule has 30 heavy (non-hydrogen) atoms. The highest BCUT2D eigenvalue weighted by atomic mass is 32.2. The average molecular weight is 477 g/mol. The fourth-order valence-electron chi connectivity index (χ4n) is 1.79. The molecule has 0 heterocycles. The summed E-state index contributed by atoms with van der Waals surface area (Å²) in [5, 5.41) is -4.28. The molecule has 1 unspecified atom stereocenters. The highest BCUT2D eigenvalue weighted by molar-refractivity contribution is 7.87. The lowest BCUT2D eigenvalue weighted by Crippen LogP contribution is -2.61. The van der Waals surface area contributed by atoms with Gasteiger partial charge in [0.25, 0.3) is 0 Å². The van der Waals surface area contributed by atoms with Crippen molar-refractivity contribution in [2.24, 2.45) is 0 Å². The van der Waals surface area contributed by atoms with Crippen molar-refractivity contribution in [3.63, 3.8) is 0 Å². The lowest BCUT2D eigenvalue weighted by molar-refractivity contribution is -0.347. The fourth-order valence-corrected chi connectivity index (χ4v) is 2.27. The van der Waals surface area contributed by atoms with E-state index < -0.39 is 76.6 Å². The maximum Gasteiger partial charge on any atom is 0.466 e. The molecule has 0 aromatic heterocycles. The van der Waals surface area contributed by atoms with E-state index in [1.165, 1.54) is 0 Å². The van der Waals surface area contributed by atoms with Crippen molar-refractivity contribution < 1.29 is 62.8 Å². The molecule has 0 saturated heterocycles. The Morgan fingerprint density at radius 3 is 1.93 bits per heavy atom. The van der Waals surface area contributed by atoms with Crippen LogP contribution in [-0.4, -0.2) is 61.6 Å². The smallest absolute Gasteiger partial charge is 0.412 e. The summed E-state index contributed by atoms with van der Waals surface area (Å²) in [5.74, 6) is -13.1. The second kappa shape index (κ2) is 9.47. The number of esters is 1. The molecule has 0 aliphatic carbocycles. The molecule has 1 atom stereocenters. The van der Waals surface area contributed by atoms with Gasteiger partial charge in [-0.05, 0) is 19.8 Å². The maximum absolute atomic E-state index is 13.4. The number of likely N-dealkylation sites (N-methyl/N-ethyl adjacent to an activating group) is 1. The number of halogens is 7. The summed E-state index contributed by atoms with van der Waals surface area (Å²) in [5.41, 5.74) is -0.539. The maximum atomic E-state index is 13.4. The van der Waals surface area contributed by atoms with E-state index in [9.17, 15) is 48.7 Å². The summed E-state index contributed by atoms with van der Waals surface area (Å²) < 4.78 is 130. The number of carbonyl (C=O) groups excluding carboxylic acids is 2. The van der Waals surface area contributed by atoms with E-state index in [4.69, 9.17) is 4.55 Å². The van der Waals surface area contributed by atoms with Gasteiger partial charge < -0.3 is 14.8 Å². The first kappa shape index (κ1) is 28.1. The van der Waals surface area contributed by atoms with Crippen molar-refractivity contribution in [1.82, 2.24) is 5.32 Å². The van der Waals surface area contributed by atoms with Gasteiger partial charge in [0, 0.05) is 19.0 Å². The summed E-state index contributed by atoms with van der Waals surface area (Å²) in [6.07, 6.45) is -9.35. The Labute approximate surface area is 166 Å². The van der Waals surface area contributed by atoms with E-state index in [1.54, 1.807) is 5.32 Å². The number of alkyl halides is 7. The molecule has 0 fully saturated rings. The zero-order chi connectivity index (χ0) is 24.2. The van der Waals surface area contributed by atoms with Gasteiger partial charge in [0.15, 0.2) is 0 Å². The Kier molecular flexibility index (Phi) is 8.85. The van der Waals surface area contributed by atoms with Crippen molar-refractivity contribution in [1.29, 1.82) is 0 Å². The zero-order valence-electron chi connectivity index (χ0n) is 15.5. The normalized spacial score (nSPS) is 15.3. The summed E-state index contributed by atoms with van der Waals surface area (Å²) in [7, 11) is -5.71. The Balaban J connectivity index is 5.35. The van der Waals surface area contributed by atoms with Gasteiger partial charge in [0.2, 0.25) is 0 Å². The van der Waals surface area contributed by atoms with Gasteiger partial charge in [-0.2, -0.15) is 39.2 Å². The van der Waals surface area contributed by atoms with Crippen molar-refractivity contribution in [3.05, 3.63) is 12.2 Å². The monoisotopic (exact) mass is 477 g/mol. The van der Waals surface area contributed by atoms with Crippen LogP contribution in [0, 0.1) is 0 Å². The zero-order valence-corrected chi connectivity index (χ0v) is 16.3. The Morgan fingerprint density at radius 2 is 1.57 bits per heavy atom. The van der Waals surface area contributed by atoms with Gasteiger partial charge >= 0.3 is 45.1 Å². The van der Waals surface area contributed by atoms with E-state index >= 15 is 0 Å². The standard InChI is InChI=1S/C14H18F7NO7S/c1-8(2)9(23)29-12(10(24)22-3,13(17,18)19)28-7-5-4-6-11(15,16)14(20,21)30(25,26)27/h1,4-7H2,2-3H3,(H,22,24)(H,25,26,27). The lowest BCUT2D eigenvalue weighted by Gasteiger charge is -2.32. The summed E-state index contributed by atoms with van der Waals surface area (Å²) in [6, 6.07) is 0. The molecule has 16 heteroatoms. The number of rotatable bonds is 11. The molecule has 0 spiro atoms. The van der Waals surface area contributed by atoms with E-state index in [0.29, 0.717) is 0 Å². The summed E-state index contributed by atoms with van der Waals surface area (Å²) >= 11 is 0. The van der Waals surface area contributed by atoms with Crippen LogP contribution in [0.5, 0.6) is 0 Å². The van der Waals surface area contributed by atoms with Gasteiger partial charge in [0.05, 0.1) is 6.61 Å². The quantitative estimate of drug-likeness (QED) is 0.117. The van der Waals surface area contributed by atoms with Crippen LogP contribution in [0.1, 0.15) is 26.2 Å². The predicted molar refractivity (Wildman–Crippen MR) is 85.0 cm³/mol. The third-order valence-electron chi connectivity index (χ3n) is 3.42. The van der Waals surface area contributed by atoms with Crippen LogP contribution in [-0.2, 0) is 29.2 Å². The number of carbonyl (C=O) groups is 2. The minimum Gasteiger partial charge on any atom is -0.412 e. The predicted octanol–water partition coefficient (Wildman–Crippen LogP) is 2.41. The SMILES string of the molecule is C=C(C)C(=O)OC(OCCCCC(F)(F)C(F)(F)S(=O)(=O)O)(C(=O)NC)C(F)(F)F. The first-order valence-corrected chi connectivity index (χ1v) is 9.25. The van der Waals surface area contributed by atoms with Gasteiger partial charge in [-0.3, -0.25) is 9.35 Å². The molecular weight excluding hydrogens is 459 g/mol. The topological polar surface area (TPSA) is 119 Å². The molecule has 0 aromatic rings. The van der Waals surface area contributed by atoms with E-state index in [0.717, 1.165) is 14.0 Å². The van der Waals surface area contributed by atoms with Gasteiger partial charge in [-0.15, -0.1) is 0 Å². The van der Waals surface area contributed by atoms with Crippen molar-refractivity contribution >= 4 is 22.0 Å². The number of nitrogens with one attached hydrogen (secondary N) is 1. The van der Waals surface area contributed by atoms with Crippen molar-refractivity contribution in [2.75, 3.05) is 13.7 Å². The Bertz CT molecular complexity index is 767. The van der Waals surface area contributed by atoms with Gasteiger partial charge in [-0.25, -0.2) is 4.79 Å². The third-order valence-corrected chi connectivity index (χ3v) is 4.37. The van der Waals surface area contributed by atoms with Crippen molar-refractivity contribution in [2.45, 2.75) is 49.3 Å². The molecule has 0 rings (SSSR count). The molecule has 0 aliphatic heterocycles. The number of unbranched alkanes of at least 4 members (excludes halogenated alkanes) is 1. The second-order valence-corrected chi connectivity index (χ2v) is 7.33. The average Bonchev–Trinajstić information content (AvgIpc) is 2.56. The first-order valence-electron chi connectivity index (χ1n) is 7.81. The lowest BCUT2D eigenvalue weighted by atomic mass is 10.1. The second-order valence-electron chi connectivity index (χ2n) is 5.87. The van der Waals surface area contributed by atoms with Crippen LogP contribution in [0.3, 0.4) is 0 Å². The van der Waals surface area contributed by atoms with E-state index in [1.807, 2.05) is 0 Å². The van der Waals surface area contributed by atoms with Crippen LogP contribution in [0.25, 0.3) is 0 Å². The molecule has 8 nitrogen and oxygen atoms in total. The number of amides is 1. The van der Waals surface area contributed by atoms with E-state index in [-0.39, 0.29) is 0 Å². The molecule has 1 amide bonds. The van der Waals surface area contributed by atoms with Crippen LogP contribution in [0.2, 0.25) is 0 Å². The Morgan fingerprint density at radius 1 is 1.07 bits per heavy atom. The van der Waals surface area contributed by atoms with Crippen LogP contribution < -0.4 is 5.32 Å².